The summed E-state index contributed by atoms with van der Waals surface area (Å²) >= 11 is 0. The summed E-state index contributed by atoms with van der Waals surface area (Å²) in [6.45, 7) is 8.38. The van der Waals surface area contributed by atoms with E-state index in [4.69, 9.17) is 14.2 Å². The monoisotopic (exact) mass is 456 g/mol. The zero-order valence-electron chi connectivity index (χ0n) is 19.3. The Bertz CT molecular complexity index is 589. The lowest BCUT2D eigenvalue weighted by atomic mass is 9.95. The number of β-amino-alcohol motifs (C(OH)–C–C–N with tert-alkyl or cyclic N) is 1. The molecule has 32 heavy (non-hydrogen) atoms. The van der Waals surface area contributed by atoms with Gasteiger partial charge in [-0.25, -0.2) is 4.79 Å². The second-order valence-corrected chi connectivity index (χ2v) is 8.88. The second-order valence-electron chi connectivity index (χ2n) is 8.88. The summed E-state index contributed by atoms with van der Waals surface area (Å²) in [5, 5.41) is 16.1. The van der Waals surface area contributed by atoms with Crippen LogP contribution in [0.2, 0.25) is 0 Å². The summed E-state index contributed by atoms with van der Waals surface area (Å²) in [5.41, 5.74) is 0. The minimum Gasteiger partial charge on any atom is -0.389 e. The van der Waals surface area contributed by atoms with Gasteiger partial charge in [0.2, 0.25) is 5.91 Å². The van der Waals surface area contributed by atoms with Crippen LogP contribution in [-0.2, 0) is 19.0 Å². The highest BCUT2D eigenvalue weighted by molar-refractivity contribution is 5.76. The van der Waals surface area contributed by atoms with Gasteiger partial charge in [-0.1, -0.05) is 6.92 Å². The number of carbonyl (C=O) groups excluding carboxylic acids is 2. The van der Waals surface area contributed by atoms with Gasteiger partial charge in [-0.3, -0.25) is 9.69 Å². The van der Waals surface area contributed by atoms with Crippen molar-refractivity contribution in [1.82, 2.24) is 20.4 Å². The maximum atomic E-state index is 12.7. The molecule has 3 amide bonds. The smallest absolute Gasteiger partial charge is 0.317 e. The number of hydrogen-bond acceptors (Lipinski definition) is 7. The topological polar surface area (TPSA) is 113 Å². The van der Waals surface area contributed by atoms with Gasteiger partial charge in [-0.2, -0.15) is 0 Å². The van der Waals surface area contributed by atoms with E-state index in [-0.39, 0.29) is 43.3 Å². The summed E-state index contributed by atoms with van der Waals surface area (Å²) in [6, 6.07) is -0.350. The predicted octanol–water partition coefficient (Wildman–Crippen LogP) is -0.0561. The fraction of sp³-hybridized carbons (Fsp3) is 0.909. The molecule has 0 aromatic heterocycles. The van der Waals surface area contributed by atoms with Crippen LogP contribution in [0.15, 0.2) is 0 Å². The van der Waals surface area contributed by atoms with Crippen LogP contribution in [0.1, 0.15) is 39.0 Å². The number of nitrogens with one attached hydrogen (secondary N) is 2. The minimum atomic E-state index is -0.718. The number of rotatable bonds is 8. The lowest BCUT2D eigenvalue weighted by molar-refractivity contribution is -0.150. The number of aliphatic hydroxyl groups excluding tert-OH is 1. The van der Waals surface area contributed by atoms with Crippen molar-refractivity contribution in [2.24, 2.45) is 0 Å². The molecule has 3 rings (SSSR count). The molecule has 0 radical (unpaired) electrons. The van der Waals surface area contributed by atoms with Gasteiger partial charge in [0.15, 0.2) is 0 Å². The first kappa shape index (κ1) is 25.2. The van der Waals surface area contributed by atoms with E-state index in [1.165, 1.54) is 0 Å². The van der Waals surface area contributed by atoms with Gasteiger partial charge in [0.05, 0.1) is 57.6 Å². The lowest BCUT2D eigenvalue weighted by Gasteiger charge is -2.44. The van der Waals surface area contributed by atoms with Crippen molar-refractivity contribution >= 4 is 11.9 Å². The van der Waals surface area contributed by atoms with E-state index in [1.807, 2.05) is 6.92 Å². The molecule has 0 aromatic rings. The van der Waals surface area contributed by atoms with Crippen LogP contribution in [0.5, 0.6) is 0 Å². The van der Waals surface area contributed by atoms with Crippen LogP contribution in [0.4, 0.5) is 4.79 Å². The van der Waals surface area contributed by atoms with Crippen molar-refractivity contribution in [2.75, 3.05) is 65.7 Å². The standard InChI is InChI=1S/C22H40N4O6/c1-2-6-24-22(29)26-14-17(27)15-31-16-20-19(26)5-4-18(32-20)13-21(28)23-7-3-8-25-9-11-30-12-10-25/h17-20,27H,2-16H2,1H3,(H,23,28)(H,24,29)/t17-,18+,19-,20+/m0/s1. The van der Waals surface area contributed by atoms with E-state index < -0.39 is 6.10 Å². The largest absolute Gasteiger partial charge is 0.389 e. The van der Waals surface area contributed by atoms with E-state index in [0.29, 0.717) is 32.5 Å². The molecule has 3 aliphatic rings. The number of hydrogen-bond donors (Lipinski definition) is 3. The molecule has 3 heterocycles. The highest BCUT2D eigenvalue weighted by atomic mass is 16.5. The third-order valence-electron chi connectivity index (χ3n) is 6.26. The fourth-order valence-corrected chi connectivity index (χ4v) is 4.54. The average Bonchev–Trinajstić information content (AvgIpc) is 2.78. The summed E-state index contributed by atoms with van der Waals surface area (Å²) in [7, 11) is 0. The molecule has 10 heteroatoms. The maximum Gasteiger partial charge on any atom is 0.317 e. The Hall–Kier alpha value is -1.46. The van der Waals surface area contributed by atoms with E-state index in [1.54, 1.807) is 4.90 Å². The van der Waals surface area contributed by atoms with E-state index in [9.17, 15) is 14.7 Å². The van der Waals surface area contributed by atoms with Gasteiger partial charge in [0.1, 0.15) is 6.10 Å². The molecule has 3 aliphatic heterocycles. The zero-order chi connectivity index (χ0) is 22.8. The van der Waals surface area contributed by atoms with Crippen LogP contribution in [0, 0.1) is 0 Å². The fourth-order valence-electron chi connectivity index (χ4n) is 4.54. The Balaban J connectivity index is 1.43. The van der Waals surface area contributed by atoms with Crippen molar-refractivity contribution in [3.05, 3.63) is 0 Å². The molecule has 3 fully saturated rings. The third-order valence-corrected chi connectivity index (χ3v) is 6.26. The van der Waals surface area contributed by atoms with Gasteiger partial charge >= 0.3 is 6.03 Å². The highest BCUT2D eigenvalue weighted by Gasteiger charge is 2.39. The SMILES string of the molecule is CCCNC(=O)N1C[C@H](O)COC[C@H]2O[C@@H](CC(=O)NCCCN3CCOCC3)CC[C@@H]21. The van der Waals surface area contributed by atoms with Gasteiger partial charge < -0.3 is 34.9 Å². The Morgan fingerprint density at radius 2 is 1.88 bits per heavy atom. The molecule has 0 spiro atoms. The van der Waals surface area contributed by atoms with Gasteiger partial charge in [-0.05, 0) is 32.2 Å². The molecular weight excluding hydrogens is 416 g/mol. The molecule has 0 saturated carbocycles. The van der Waals surface area contributed by atoms with Gasteiger partial charge in [-0.15, -0.1) is 0 Å². The predicted molar refractivity (Wildman–Crippen MR) is 118 cm³/mol. The zero-order valence-corrected chi connectivity index (χ0v) is 19.3. The number of carbonyl (C=O) groups is 2. The first-order valence-electron chi connectivity index (χ1n) is 12.1. The van der Waals surface area contributed by atoms with Crippen molar-refractivity contribution in [2.45, 2.75) is 63.4 Å². The van der Waals surface area contributed by atoms with E-state index >= 15 is 0 Å². The average molecular weight is 457 g/mol. The summed E-state index contributed by atoms with van der Waals surface area (Å²) < 4.78 is 17.2. The summed E-state index contributed by atoms with van der Waals surface area (Å²) in [6.07, 6.45) is 2.27. The summed E-state index contributed by atoms with van der Waals surface area (Å²) in [5.74, 6) is -0.00448. The molecule has 3 N–H and O–H groups in total. The third kappa shape index (κ3) is 7.84. The first-order valence-corrected chi connectivity index (χ1v) is 12.1. The summed E-state index contributed by atoms with van der Waals surface area (Å²) in [4.78, 5) is 29.1. The first-order chi connectivity index (χ1) is 15.6. The number of morpholine rings is 1. The van der Waals surface area contributed by atoms with Crippen LogP contribution in [0.3, 0.4) is 0 Å². The van der Waals surface area contributed by atoms with E-state index in [0.717, 1.165) is 52.1 Å². The van der Waals surface area contributed by atoms with Gasteiger partial charge in [0.25, 0.3) is 0 Å². The van der Waals surface area contributed by atoms with Crippen LogP contribution >= 0.6 is 0 Å². The van der Waals surface area contributed by atoms with E-state index in [2.05, 4.69) is 15.5 Å². The van der Waals surface area contributed by atoms with Crippen molar-refractivity contribution in [1.29, 1.82) is 0 Å². The molecule has 0 bridgehead atoms. The molecule has 4 atom stereocenters. The Morgan fingerprint density at radius 1 is 1.06 bits per heavy atom. The number of amides is 3. The molecule has 0 unspecified atom stereocenters. The molecule has 0 aliphatic carbocycles. The van der Waals surface area contributed by atoms with Crippen LogP contribution in [-0.4, -0.2) is 117 Å². The molecule has 3 saturated heterocycles. The second kappa shape index (κ2) is 13.3. The maximum absolute atomic E-state index is 12.7. The molecular formula is C22H40N4O6. The lowest BCUT2D eigenvalue weighted by Crippen LogP contribution is -2.59. The highest BCUT2D eigenvalue weighted by Crippen LogP contribution is 2.27. The van der Waals surface area contributed by atoms with Crippen LogP contribution in [0.25, 0.3) is 0 Å². The minimum absolute atomic E-state index is 0.00448. The number of ether oxygens (including phenoxy) is 3. The molecule has 10 nitrogen and oxygen atoms in total. The number of nitrogens with zero attached hydrogens (tertiary/aromatic N) is 2. The Labute approximate surface area is 190 Å². The van der Waals surface area contributed by atoms with Crippen molar-refractivity contribution in [3.8, 4) is 0 Å². The number of aliphatic hydroxyl groups is 1. The normalized spacial score (nSPS) is 29.5. The van der Waals surface area contributed by atoms with Crippen LogP contribution < -0.4 is 10.6 Å². The number of fused-ring (bicyclic) bond motifs is 1. The van der Waals surface area contributed by atoms with Crippen molar-refractivity contribution in [3.63, 3.8) is 0 Å². The molecule has 0 aromatic carbocycles. The number of urea groups is 1. The molecule has 184 valence electrons. The van der Waals surface area contributed by atoms with Crippen molar-refractivity contribution < 1.29 is 28.9 Å². The Morgan fingerprint density at radius 3 is 2.66 bits per heavy atom. The quantitative estimate of drug-likeness (QED) is 0.439. The Kier molecular flexibility index (Phi) is 10.5. The van der Waals surface area contributed by atoms with Gasteiger partial charge in [0, 0.05) is 26.2 Å².